The molecule has 0 aromatic rings. The van der Waals surface area contributed by atoms with Crippen LogP contribution in [0, 0.1) is 5.92 Å². The Kier molecular flexibility index (Phi) is 2.69. The van der Waals surface area contributed by atoms with Crippen LogP contribution in [0.15, 0.2) is 11.1 Å². The summed E-state index contributed by atoms with van der Waals surface area (Å²) >= 11 is 0. The highest BCUT2D eigenvalue weighted by Gasteiger charge is 2.33. The van der Waals surface area contributed by atoms with E-state index in [0.29, 0.717) is 0 Å². The predicted molar refractivity (Wildman–Crippen MR) is 45.7 cm³/mol. The normalized spacial score (nSPS) is 22.4. The van der Waals surface area contributed by atoms with E-state index in [0.717, 1.165) is 0 Å². The molecule has 0 aromatic carbocycles. The zero-order valence-electron chi connectivity index (χ0n) is 7.61. The van der Waals surface area contributed by atoms with E-state index in [2.05, 4.69) is 0 Å². The molecular weight excluding hydrogens is 188 g/mol. The average Bonchev–Trinajstić information content (AvgIpc) is 2.02. The quantitative estimate of drug-likeness (QED) is 0.628. The second kappa shape index (κ2) is 3.61. The lowest BCUT2D eigenvalue weighted by Crippen LogP contribution is -2.27. The maximum atomic E-state index is 11.2. The Balaban J connectivity index is 3.17. The third-order valence-corrected chi connectivity index (χ3v) is 2.37. The Labute approximate surface area is 80.0 Å². The van der Waals surface area contributed by atoms with Crippen molar-refractivity contribution in [3.63, 3.8) is 0 Å². The van der Waals surface area contributed by atoms with Gasteiger partial charge in [0.05, 0.1) is 5.92 Å². The number of aliphatic carboxylic acids is 2. The highest BCUT2D eigenvalue weighted by atomic mass is 16.4. The lowest BCUT2D eigenvalue weighted by atomic mass is 9.83. The van der Waals surface area contributed by atoms with Crippen molar-refractivity contribution in [3.8, 4) is 0 Å². The van der Waals surface area contributed by atoms with E-state index in [4.69, 9.17) is 10.2 Å². The number of Topliss-reactive ketones (excluding diaryl/α,β-unsaturated/α-hetero) is 1. The Hall–Kier alpha value is -1.65. The standard InChI is InChI=1S/C9H10O5/c1-4-5(8(11)12)2-3-6(10)7(4)9(13)14/h5H,2-3H2,1H3,(H,11,12)(H,13,14). The summed E-state index contributed by atoms with van der Waals surface area (Å²) in [6, 6.07) is 0. The molecule has 0 spiro atoms. The second-order valence-electron chi connectivity index (χ2n) is 3.22. The van der Waals surface area contributed by atoms with Gasteiger partial charge in [-0.3, -0.25) is 9.59 Å². The highest BCUT2D eigenvalue weighted by molar-refractivity contribution is 6.18. The lowest BCUT2D eigenvalue weighted by Gasteiger charge is -2.20. The van der Waals surface area contributed by atoms with Gasteiger partial charge < -0.3 is 10.2 Å². The Bertz CT molecular complexity index is 339. The maximum Gasteiger partial charge on any atom is 0.339 e. The average molecular weight is 198 g/mol. The Morgan fingerprint density at radius 2 is 1.93 bits per heavy atom. The number of carbonyl (C=O) groups is 3. The van der Waals surface area contributed by atoms with Gasteiger partial charge in [0.2, 0.25) is 0 Å². The van der Waals surface area contributed by atoms with Gasteiger partial charge >= 0.3 is 11.9 Å². The van der Waals surface area contributed by atoms with Gasteiger partial charge in [0, 0.05) is 6.42 Å². The molecule has 0 saturated heterocycles. The molecular formula is C9H10O5. The highest BCUT2D eigenvalue weighted by Crippen LogP contribution is 2.27. The minimum absolute atomic E-state index is 0.00403. The molecule has 0 fully saturated rings. The summed E-state index contributed by atoms with van der Waals surface area (Å²) in [5.74, 6) is -3.72. The smallest absolute Gasteiger partial charge is 0.339 e. The monoisotopic (exact) mass is 198 g/mol. The summed E-state index contributed by atoms with van der Waals surface area (Å²) in [5.41, 5.74) is -0.204. The van der Waals surface area contributed by atoms with Gasteiger partial charge in [0.15, 0.2) is 5.78 Å². The number of carbonyl (C=O) groups excluding carboxylic acids is 1. The molecule has 1 unspecified atom stereocenters. The van der Waals surface area contributed by atoms with Crippen molar-refractivity contribution < 1.29 is 24.6 Å². The number of carboxylic acids is 2. The molecule has 1 atom stereocenters. The number of carboxylic acid groups (broad SMARTS) is 2. The molecule has 0 radical (unpaired) electrons. The van der Waals surface area contributed by atoms with Gasteiger partial charge in [-0.15, -0.1) is 0 Å². The van der Waals surface area contributed by atoms with Crippen LogP contribution in [0.5, 0.6) is 0 Å². The first-order chi connectivity index (χ1) is 6.45. The summed E-state index contributed by atoms with van der Waals surface area (Å²) in [5, 5.41) is 17.5. The minimum atomic E-state index is -1.33. The topological polar surface area (TPSA) is 91.7 Å². The molecule has 2 N–H and O–H groups in total. The summed E-state index contributed by atoms with van der Waals surface area (Å²) in [4.78, 5) is 32.6. The van der Waals surface area contributed by atoms with Gasteiger partial charge in [-0.05, 0) is 18.9 Å². The van der Waals surface area contributed by atoms with Crippen LogP contribution in [-0.2, 0) is 14.4 Å². The molecule has 5 nitrogen and oxygen atoms in total. The summed E-state index contributed by atoms with van der Waals surface area (Å²) < 4.78 is 0. The van der Waals surface area contributed by atoms with E-state index in [-0.39, 0.29) is 24.0 Å². The minimum Gasteiger partial charge on any atom is -0.481 e. The van der Waals surface area contributed by atoms with Crippen LogP contribution >= 0.6 is 0 Å². The first-order valence-electron chi connectivity index (χ1n) is 4.15. The molecule has 1 aliphatic rings. The van der Waals surface area contributed by atoms with Crippen LogP contribution < -0.4 is 0 Å². The van der Waals surface area contributed by atoms with Crippen LogP contribution in [0.1, 0.15) is 19.8 Å². The van der Waals surface area contributed by atoms with E-state index >= 15 is 0 Å². The first-order valence-corrected chi connectivity index (χ1v) is 4.15. The zero-order chi connectivity index (χ0) is 10.9. The van der Waals surface area contributed by atoms with Crippen LogP contribution in [0.3, 0.4) is 0 Å². The van der Waals surface area contributed by atoms with Crippen molar-refractivity contribution in [2.24, 2.45) is 5.92 Å². The fourth-order valence-corrected chi connectivity index (χ4v) is 1.61. The van der Waals surface area contributed by atoms with E-state index < -0.39 is 23.6 Å². The zero-order valence-corrected chi connectivity index (χ0v) is 7.61. The van der Waals surface area contributed by atoms with Crippen molar-refractivity contribution in [1.82, 2.24) is 0 Å². The maximum absolute atomic E-state index is 11.2. The molecule has 1 aliphatic carbocycles. The molecule has 5 heteroatoms. The van der Waals surface area contributed by atoms with Crippen LogP contribution in [-0.4, -0.2) is 27.9 Å². The number of hydrogen-bond donors (Lipinski definition) is 2. The summed E-state index contributed by atoms with van der Waals surface area (Å²) in [6.07, 6.45) is 0.187. The third kappa shape index (κ3) is 1.66. The van der Waals surface area contributed by atoms with E-state index in [9.17, 15) is 14.4 Å². The van der Waals surface area contributed by atoms with Gasteiger partial charge in [-0.1, -0.05) is 0 Å². The second-order valence-corrected chi connectivity index (χ2v) is 3.22. The fourth-order valence-electron chi connectivity index (χ4n) is 1.61. The van der Waals surface area contributed by atoms with Gasteiger partial charge in [0.1, 0.15) is 5.57 Å². The van der Waals surface area contributed by atoms with Crippen molar-refractivity contribution in [3.05, 3.63) is 11.1 Å². The van der Waals surface area contributed by atoms with Crippen LogP contribution in [0.25, 0.3) is 0 Å². The van der Waals surface area contributed by atoms with Gasteiger partial charge in [-0.25, -0.2) is 4.79 Å². The largest absolute Gasteiger partial charge is 0.481 e. The van der Waals surface area contributed by atoms with Crippen LogP contribution in [0.2, 0.25) is 0 Å². The molecule has 0 aliphatic heterocycles. The molecule has 0 amide bonds. The molecule has 0 bridgehead atoms. The molecule has 0 heterocycles. The summed E-state index contributed by atoms with van der Waals surface area (Å²) in [7, 11) is 0. The molecule has 0 aromatic heterocycles. The number of ketones is 1. The molecule has 76 valence electrons. The fraction of sp³-hybridized carbons (Fsp3) is 0.444. The Morgan fingerprint density at radius 3 is 2.36 bits per heavy atom. The van der Waals surface area contributed by atoms with E-state index in [1.54, 1.807) is 0 Å². The molecule has 14 heavy (non-hydrogen) atoms. The Morgan fingerprint density at radius 1 is 1.36 bits per heavy atom. The van der Waals surface area contributed by atoms with E-state index in [1.807, 2.05) is 0 Å². The van der Waals surface area contributed by atoms with Gasteiger partial charge in [-0.2, -0.15) is 0 Å². The predicted octanol–water partition coefficient (Wildman–Crippen LogP) is 0.451. The van der Waals surface area contributed by atoms with Crippen molar-refractivity contribution >= 4 is 17.7 Å². The number of rotatable bonds is 2. The van der Waals surface area contributed by atoms with E-state index in [1.165, 1.54) is 6.92 Å². The third-order valence-electron chi connectivity index (χ3n) is 2.37. The van der Waals surface area contributed by atoms with Crippen molar-refractivity contribution in [1.29, 1.82) is 0 Å². The van der Waals surface area contributed by atoms with Gasteiger partial charge in [0.25, 0.3) is 0 Å². The SMILES string of the molecule is CC1=C(C(=O)O)C(=O)CCC1C(=O)O. The molecule has 1 rings (SSSR count). The van der Waals surface area contributed by atoms with Crippen molar-refractivity contribution in [2.75, 3.05) is 0 Å². The van der Waals surface area contributed by atoms with Crippen LogP contribution in [0.4, 0.5) is 0 Å². The lowest BCUT2D eigenvalue weighted by molar-refractivity contribution is -0.141. The molecule has 0 saturated carbocycles. The number of hydrogen-bond acceptors (Lipinski definition) is 3. The van der Waals surface area contributed by atoms with Crippen molar-refractivity contribution in [2.45, 2.75) is 19.8 Å². The first kappa shape index (κ1) is 10.4. The summed E-state index contributed by atoms with van der Waals surface area (Å²) in [6.45, 7) is 1.39.